The fourth-order valence-corrected chi connectivity index (χ4v) is 5.00. The zero-order valence-electron chi connectivity index (χ0n) is 18.0. The summed E-state index contributed by atoms with van der Waals surface area (Å²) in [5.74, 6) is 0.470. The van der Waals surface area contributed by atoms with E-state index in [2.05, 4.69) is 5.32 Å². The number of aryl methyl sites for hydroxylation is 2. The number of rotatable bonds is 5. The lowest BCUT2D eigenvalue weighted by Crippen LogP contribution is -2.48. The van der Waals surface area contributed by atoms with Crippen LogP contribution in [0.1, 0.15) is 11.1 Å². The van der Waals surface area contributed by atoms with E-state index < -0.39 is 22.0 Å². The number of fused-ring (bicyclic) bond motifs is 1. The number of anilines is 2. The van der Waals surface area contributed by atoms with Crippen LogP contribution in [0.25, 0.3) is 0 Å². The molecule has 0 unspecified atom stereocenters. The Kier molecular flexibility index (Phi) is 5.80. The summed E-state index contributed by atoms with van der Waals surface area (Å²) >= 11 is 0. The zero-order valence-corrected chi connectivity index (χ0v) is 18.8. The van der Waals surface area contributed by atoms with Crippen molar-refractivity contribution >= 4 is 27.3 Å². The fourth-order valence-electron chi connectivity index (χ4n) is 3.53. The van der Waals surface area contributed by atoms with E-state index in [0.717, 1.165) is 11.1 Å². The second-order valence-electron chi connectivity index (χ2n) is 7.59. The molecule has 1 N–H and O–H groups in total. The SMILES string of the molecule is COc1ccc(S(=O)(=O)N2C[C@H](C(=O)Nc3cc(C)ccc3C)Oc3ccccc32)cc1. The Morgan fingerprint density at radius 3 is 2.50 bits per heavy atom. The van der Waals surface area contributed by atoms with Gasteiger partial charge in [0.1, 0.15) is 11.5 Å². The Balaban J connectivity index is 1.67. The van der Waals surface area contributed by atoms with E-state index in [1.165, 1.54) is 23.5 Å². The summed E-state index contributed by atoms with van der Waals surface area (Å²) in [5, 5.41) is 2.88. The van der Waals surface area contributed by atoms with Crippen molar-refractivity contribution in [2.45, 2.75) is 24.8 Å². The first-order chi connectivity index (χ1) is 15.3. The molecule has 1 atom stereocenters. The molecule has 7 nitrogen and oxygen atoms in total. The molecule has 1 aliphatic heterocycles. The lowest BCUT2D eigenvalue weighted by molar-refractivity contribution is -0.122. The molecule has 0 saturated heterocycles. The van der Waals surface area contributed by atoms with E-state index in [1.807, 2.05) is 32.0 Å². The summed E-state index contributed by atoms with van der Waals surface area (Å²) < 4.78 is 39.2. The summed E-state index contributed by atoms with van der Waals surface area (Å²) in [4.78, 5) is 13.2. The average Bonchev–Trinajstić information content (AvgIpc) is 2.80. The molecular formula is C24H24N2O5S. The van der Waals surface area contributed by atoms with Crippen LogP contribution in [0.15, 0.2) is 71.6 Å². The number of hydrogen-bond donors (Lipinski definition) is 1. The van der Waals surface area contributed by atoms with Gasteiger partial charge in [0.15, 0.2) is 6.10 Å². The van der Waals surface area contributed by atoms with Gasteiger partial charge >= 0.3 is 0 Å². The third-order valence-corrected chi connectivity index (χ3v) is 7.12. The molecule has 0 bridgehead atoms. The van der Waals surface area contributed by atoms with Crippen molar-refractivity contribution < 1.29 is 22.7 Å². The third kappa shape index (κ3) is 4.13. The van der Waals surface area contributed by atoms with Crippen molar-refractivity contribution in [1.29, 1.82) is 0 Å². The first kappa shape index (κ1) is 21.7. The highest BCUT2D eigenvalue weighted by Gasteiger charge is 2.37. The molecule has 166 valence electrons. The third-order valence-electron chi connectivity index (χ3n) is 5.33. The normalized spacial score (nSPS) is 15.5. The molecule has 3 aromatic rings. The molecular weight excluding hydrogens is 428 g/mol. The van der Waals surface area contributed by atoms with E-state index in [-0.39, 0.29) is 11.4 Å². The van der Waals surface area contributed by atoms with Gasteiger partial charge in [-0.15, -0.1) is 0 Å². The Morgan fingerprint density at radius 1 is 1.06 bits per heavy atom. The lowest BCUT2D eigenvalue weighted by atomic mass is 10.1. The van der Waals surface area contributed by atoms with Crippen molar-refractivity contribution in [1.82, 2.24) is 0 Å². The minimum atomic E-state index is -3.94. The molecule has 0 saturated carbocycles. The minimum Gasteiger partial charge on any atom is -0.497 e. The van der Waals surface area contributed by atoms with E-state index in [1.54, 1.807) is 36.4 Å². The maximum absolute atomic E-state index is 13.5. The largest absolute Gasteiger partial charge is 0.497 e. The Labute approximate surface area is 187 Å². The molecule has 3 aromatic carbocycles. The van der Waals surface area contributed by atoms with Gasteiger partial charge in [0.25, 0.3) is 15.9 Å². The number of methoxy groups -OCH3 is 1. The monoisotopic (exact) mass is 452 g/mol. The lowest BCUT2D eigenvalue weighted by Gasteiger charge is -2.34. The average molecular weight is 453 g/mol. The number of carbonyl (C=O) groups excluding carboxylic acids is 1. The van der Waals surface area contributed by atoms with Crippen LogP contribution in [0.5, 0.6) is 11.5 Å². The molecule has 0 fully saturated rings. The van der Waals surface area contributed by atoms with Crippen LogP contribution in [-0.2, 0) is 14.8 Å². The van der Waals surface area contributed by atoms with Crippen LogP contribution in [0.4, 0.5) is 11.4 Å². The van der Waals surface area contributed by atoms with Gasteiger partial charge in [0.2, 0.25) is 0 Å². The second kappa shape index (κ2) is 8.55. The standard InChI is InChI=1S/C24H24N2O5S/c1-16-8-9-17(2)20(14-16)25-24(27)23-15-26(21-6-4-5-7-22(21)31-23)32(28,29)19-12-10-18(30-3)11-13-19/h4-14,23H,15H2,1-3H3,(H,25,27)/t23-/m1/s1. The van der Waals surface area contributed by atoms with Crippen molar-refractivity contribution in [3.63, 3.8) is 0 Å². The molecule has 8 heteroatoms. The molecule has 4 rings (SSSR count). The molecule has 1 heterocycles. The first-order valence-electron chi connectivity index (χ1n) is 10.1. The van der Waals surface area contributed by atoms with Crippen LogP contribution in [0.2, 0.25) is 0 Å². The quantitative estimate of drug-likeness (QED) is 0.635. The Morgan fingerprint density at radius 2 is 1.78 bits per heavy atom. The summed E-state index contributed by atoms with van der Waals surface area (Å²) in [6.07, 6.45) is -1.02. The van der Waals surface area contributed by atoms with E-state index >= 15 is 0 Å². The van der Waals surface area contributed by atoms with Crippen LogP contribution >= 0.6 is 0 Å². The number of carbonyl (C=O) groups is 1. The molecule has 1 aliphatic rings. The van der Waals surface area contributed by atoms with Gasteiger partial charge in [-0.1, -0.05) is 24.3 Å². The van der Waals surface area contributed by atoms with Gasteiger partial charge < -0.3 is 14.8 Å². The van der Waals surface area contributed by atoms with Crippen molar-refractivity contribution in [2.24, 2.45) is 0 Å². The highest BCUT2D eigenvalue weighted by atomic mass is 32.2. The molecule has 32 heavy (non-hydrogen) atoms. The number of sulfonamides is 1. The maximum Gasteiger partial charge on any atom is 0.267 e. The van der Waals surface area contributed by atoms with Gasteiger partial charge in [-0.3, -0.25) is 9.10 Å². The summed E-state index contributed by atoms with van der Waals surface area (Å²) in [5.41, 5.74) is 2.97. The smallest absolute Gasteiger partial charge is 0.267 e. The van der Waals surface area contributed by atoms with Gasteiger partial charge in [-0.25, -0.2) is 8.42 Å². The topological polar surface area (TPSA) is 84.9 Å². The Bertz CT molecular complexity index is 1260. The van der Waals surface area contributed by atoms with E-state index in [9.17, 15) is 13.2 Å². The van der Waals surface area contributed by atoms with E-state index in [4.69, 9.17) is 9.47 Å². The van der Waals surface area contributed by atoms with Gasteiger partial charge in [0.05, 0.1) is 24.2 Å². The van der Waals surface area contributed by atoms with Crippen LogP contribution in [-0.4, -0.2) is 34.1 Å². The number of nitrogens with one attached hydrogen (secondary N) is 1. The number of hydrogen-bond acceptors (Lipinski definition) is 5. The highest BCUT2D eigenvalue weighted by Crippen LogP contribution is 2.37. The Hall–Kier alpha value is -3.52. The van der Waals surface area contributed by atoms with Crippen LogP contribution < -0.4 is 19.1 Å². The predicted octanol–water partition coefficient (Wildman–Crippen LogP) is 3.91. The number of para-hydroxylation sites is 2. The zero-order chi connectivity index (χ0) is 22.9. The van der Waals surface area contributed by atoms with Crippen molar-refractivity contribution in [2.75, 3.05) is 23.3 Å². The molecule has 0 radical (unpaired) electrons. The summed E-state index contributed by atoms with van der Waals surface area (Å²) in [7, 11) is -2.42. The van der Waals surface area contributed by atoms with Gasteiger partial charge in [0, 0.05) is 5.69 Å². The molecule has 0 aliphatic carbocycles. The number of nitrogens with zero attached hydrogens (tertiary/aromatic N) is 1. The second-order valence-corrected chi connectivity index (χ2v) is 9.46. The maximum atomic E-state index is 13.5. The van der Waals surface area contributed by atoms with Gasteiger partial charge in [-0.05, 0) is 67.4 Å². The van der Waals surface area contributed by atoms with Crippen molar-refractivity contribution in [3.05, 3.63) is 77.9 Å². The van der Waals surface area contributed by atoms with Crippen LogP contribution in [0.3, 0.4) is 0 Å². The molecule has 0 aromatic heterocycles. The minimum absolute atomic E-state index is 0.101. The summed E-state index contributed by atoms with van der Waals surface area (Å²) in [6.45, 7) is 3.68. The predicted molar refractivity (Wildman–Crippen MR) is 123 cm³/mol. The number of ether oxygens (including phenoxy) is 2. The highest BCUT2D eigenvalue weighted by molar-refractivity contribution is 7.92. The molecule has 1 amide bonds. The number of benzene rings is 3. The first-order valence-corrected chi connectivity index (χ1v) is 11.5. The fraction of sp³-hybridized carbons (Fsp3) is 0.208. The molecule has 0 spiro atoms. The number of amides is 1. The van der Waals surface area contributed by atoms with Crippen LogP contribution in [0, 0.1) is 13.8 Å². The van der Waals surface area contributed by atoms with Crippen molar-refractivity contribution in [3.8, 4) is 11.5 Å². The van der Waals surface area contributed by atoms with E-state index in [0.29, 0.717) is 22.9 Å². The summed E-state index contributed by atoms with van der Waals surface area (Å²) in [6, 6.07) is 18.7. The van der Waals surface area contributed by atoms with Gasteiger partial charge in [-0.2, -0.15) is 0 Å².